The number of nitrogens with zero attached hydrogens (tertiary/aromatic N) is 1. The minimum absolute atomic E-state index is 0.292. The average molecular weight is 246 g/mol. The molecular formula is C9H14N2O4S. The van der Waals surface area contributed by atoms with Crippen molar-refractivity contribution in [3.8, 4) is 6.07 Å². The summed E-state index contributed by atoms with van der Waals surface area (Å²) in [5, 5.41) is 17.2. The van der Waals surface area contributed by atoms with E-state index in [-0.39, 0.29) is 12.0 Å². The number of rotatable bonds is 5. The average Bonchev–Trinajstić information content (AvgIpc) is 2.61. The van der Waals surface area contributed by atoms with Gasteiger partial charge in [-0.1, -0.05) is 6.42 Å². The summed E-state index contributed by atoms with van der Waals surface area (Å²) in [4.78, 5) is 10.3. The van der Waals surface area contributed by atoms with Gasteiger partial charge in [0.25, 0.3) is 0 Å². The molecule has 1 saturated carbocycles. The van der Waals surface area contributed by atoms with Gasteiger partial charge in [0.2, 0.25) is 10.0 Å². The third-order valence-corrected chi connectivity index (χ3v) is 4.00. The molecule has 0 aromatic carbocycles. The SMILES string of the molecule is N#CC1CCCC1NS(=O)(=O)CCC(=O)O. The van der Waals surface area contributed by atoms with Crippen molar-refractivity contribution in [1.29, 1.82) is 5.26 Å². The van der Waals surface area contributed by atoms with Crippen LogP contribution in [0, 0.1) is 17.2 Å². The first-order chi connectivity index (χ1) is 7.44. The van der Waals surface area contributed by atoms with Gasteiger partial charge in [-0.3, -0.25) is 4.79 Å². The van der Waals surface area contributed by atoms with E-state index in [9.17, 15) is 13.2 Å². The maximum atomic E-state index is 11.5. The number of hydrogen-bond acceptors (Lipinski definition) is 4. The highest BCUT2D eigenvalue weighted by atomic mass is 32.2. The minimum atomic E-state index is -3.59. The van der Waals surface area contributed by atoms with Crippen molar-refractivity contribution < 1.29 is 18.3 Å². The van der Waals surface area contributed by atoms with E-state index in [2.05, 4.69) is 10.8 Å². The van der Waals surface area contributed by atoms with Gasteiger partial charge < -0.3 is 5.11 Å². The Balaban J connectivity index is 2.52. The Morgan fingerprint density at radius 1 is 1.50 bits per heavy atom. The van der Waals surface area contributed by atoms with Crippen LogP contribution >= 0.6 is 0 Å². The van der Waals surface area contributed by atoms with Crippen LogP contribution in [0.25, 0.3) is 0 Å². The standard InChI is InChI=1S/C9H14N2O4S/c10-6-7-2-1-3-8(7)11-16(14,15)5-4-9(12)13/h7-8,11H,1-5H2,(H,12,13). The number of aliphatic carboxylic acids is 1. The maximum Gasteiger partial charge on any atom is 0.304 e. The number of nitriles is 1. The number of hydrogen-bond donors (Lipinski definition) is 2. The van der Waals surface area contributed by atoms with Gasteiger partial charge in [-0.15, -0.1) is 0 Å². The molecule has 0 aliphatic heterocycles. The second-order valence-corrected chi connectivity index (χ2v) is 5.73. The first-order valence-corrected chi connectivity index (χ1v) is 6.71. The molecule has 0 aromatic heterocycles. The maximum absolute atomic E-state index is 11.5. The highest BCUT2D eigenvalue weighted by Crippen LogP contribution is 2.25. The number of sulfonamides is 1. The second-order valence-electron chi connectivity index (χ2n) is 3.85. The summed E-state index contributed by atoms with van der Waals surface area (Å²) < 4.78 is 25.3. The van der Waals surface area contributed by atoms with Crippen LogP contribution in [0.5, 0.6) is 0 Å². The molecule has 2 N–H and O–H groups in total. The van der Waals surface area contributed by atoms with E-state index in [4.69, 9.17) is 10.4 Å². The fourth-order valence-electron chi connectivity index (χ4n) is 1.77. The summed E-state index contributed by atoms with van der Waals surface area (Å²) >= 11 is 0. The van der Waals surface area contributed by atoms with E-state index in [1.165, 1.54) is 0 Å². The molecule has 16 heavy (non-hydrogen) atoms. The molecule has 0 heterocycles. The summed E-state index contributed by atoms with van der Waals surface area (Å²) in [7, 11) is -3.59. The van der Waals surface area contributed by atoms with Crippen LogP contribution in [-0.2, 0) is 14.8 Å². The second kappa shape index (κ2) is 5.27. The molecule has 1 aliphatic carbocycles. The van der Waals surface area contributed by atoms with Crippen LogP contribution < -0.4 is 4.72 Å². The fourth-order valence-corrected chi connectivity index (χ4v) is 3.07. The van der Waals surface area contributed by atoms with Crippen LogP contribution in [-0.4, -0.2) is 31.3 Å². The van der Waals surface area contributed by atoms with Gasteiger partial charge in [-0.05, 0) is 12.8 Å². The minimum Gasteiger partial charge on any atom is -0.481 e. The molecule has 0 amide bonds. The number of nitrogens with one attached hydrogen (secondary N) is 1. The van der Waals surface area contributed by atoms with Gasteiger partial charge >= 0.3 is 5.97 Å². The molecule has 0 bridgehead atoms. The Hall–Kier alpha value is -1.13. The molecule has 6 nitrogen and oxygen atoms in total. The number of carboxylic acids is 1. The summed E-state index contributed by atoms with van der Waals surface area (Å²) in [6, 6.07) is 1.70. The van der Waals surface area contributed by atoms with Crippen LogP contribution in [0.3, 0.4) is 0 Å². The molecule has 0 saturated heterocycles. The van der Waals surface area contributed by atoms with E-state index >= 15 is 0 Å². The molecule has 0 radical (unpaired) electrons. The third-order valence-electron chi connectivity index (χ3n) is 2.60. The summed E-state index contributed by atoms with van der Waals surface area (Å²) in [6.45, 7) is 0. The largest absolute Gasteiger partial charge is 0.481 e. The van der Waals surface area contributed by atoms with Crippen molar-refractivity contribution in [3.05, 3.63) is 0 Å². The summed E-state index contributed by atoms with van der Waals surface area (Å²) in [5.74, 6) is -1.87. The van der Waals surface area contributed by atoms with E-state index < -0.39 is 28.2 Å². The zero-order valence-corrected chi connectivity index (χ0v) is 9.53. The smallest absolute Gasteiger partial charge is 0.304 e. The van der Waals surface area contributed by atoms with Crippen LogP contribution in [0.2, 0.25) is 0 Å². The van der Waals surface area contributed by atoms with Gasteiger partial charge in [-0.25, -0.2) is 13.1 Å². The molecule has 7 heteroatoms. The van der Waals surface area contributed by atoms with Gasteiger partial charge in [-0.2, -0.15) is 5.26 Å². The van der Waals surface area contributed by atoms with E-state index in [1.54, 1.807) is 0 Å². The topological polar surface area (TPSA) is 107 Å². The van der Waals surface area contributed by atoms with Crippen molar-refractivity contribution in [3.63, 3.8) is 0 Å². The molecule has 1 rings (SSSR count). The van der Waals surface area contributed by atoms with Crippen molar-refractivity contribution in [2.45, 2.75) is 31.7 Å². The van der Waals surface area contributed by atoms with Crippen molar-refractivity contribution >= 4 is 16.0 Å². The molecule has 0 spiro atoms. The van der Waals surface area contributed by atoms with Gasteiger partial charge in [0.05, 0.1) is 24.2 Å². The lowest BCUT2D eigenvalue weighted by Gasteiger charge is -2.15. The lowest BCUT2D eigenvalue weighted by atomic mass is 10.1. The highest BCUT2D eigenvalue weighted by Gasteiger charge is 2.30. The van der Waals surface area contributed by atoms with Crippen molar-refractivity contribution in [1.82, 2.24) is 4.72 Å². The fraction of sp³-hybridized carbons (Fsp3) is 0.778. The molecule has 1 fully saturated rings. The van der Waals surface area contributed by atoms with Crippen molar-refractivity contribution in [2.75, 3.05) is 5.75 Å². The number of carboxylic acid groups (broad SMARTS) is 1. The first-order valence-electron chi connectivity index (χ1n) is 5.06. The molecule has 1 aliphatic rings. The summed E-state index contributed by atoms with van der Waals surface area (Å²) in [5.41, 5.74) is 0. The van der Waals surface area contributed by atoms with E-state index in [0.29, 0.717) is 12.8 Å². The van der Waals surface area contributed by atoms with Crippen LogP contribution in [0.1, 0.15) is 25.7 Å². The normalized spacial score (nSPS) is 25.2. The zero-order chi connectivity index (χ0) is 12.2. The van der Waals surface area contributed by atoms with Crippen LogP contribution in [0.15, 0.2) is 0 Å². The third kappa shape index (κ3) is 3.79. The molecule has 90 valence electrons. The van der Waals surface area contributed by atoms with Gasteiger partial charge in [0.1, 0.15) is 0 Å². The first kappa shape index (κ1) is 12.9. The lowest BCUT2D eigenvalue weighted by molar-refractivity contribution is -0.136. The Morgan fingerprint density at radius 3 is 2.75 bits per heavy atom. The predicted molar refractivity (Wildman–Crippen MR) is 55.9 cm³/mol. The predicted octanol–water partition coefficient (Wildman–Crippen LogP) is 0.0728. The van der Waals surface area contributed by atoms with E-state index in [1.807, 2.05) is 0 Å². The molecule has 0 aromatic rings. The van der Waals surface area contributed by atoms with Gasteiger partial charge in [0.15, 0.2) is 0 Å². The monoisotopic (exact) mass is 246 g/mol. The highest BCUT2D eigenvalue weighted by molar-refractivity contribution is 7.89. The lowest BCUT2D eigenvalue weighted by Crippen LogP contribution is -2.38. The Bertz CT molecular complexity index is 398. The quantitative estimate of drug-likeness (QED) is 0.714. The summed E-state index contributed by atoms with van der Waals surface area (Å²) in [6.07, 6.45) is 1.75. The molecule has 2 atom stereocenters. The molecule has 2 unspecified atom stereocenters. The van der Waals surface area contributed by atoms with Gasteiger partial charge in [0, 0.05) is 6.04 Å². The van der Waals surface area contributed by atoms with E-state index in [0.717, 1.165) is 6.42 Å². The zero-order valence-electron chi connectivity index (χ0n) is 8.72. The Kier molecular flexibility index (Phi) is 4.26. The number of carbonyl (C=O) groups is 1. The van der Waals surface area contributed by atoms with Crippen LogP contribution in [0.4, 0.5) is 0 Å². The molecular weight excluding hydrogens is 232 g/mol. The van der Waals surface area contributed by atoms with Crippen molar-refractivity contribution in [2.24, 2.45) is 5.92 Å². The Labute approximate surface area is 94.3 Å². The Morgan fingerprint density at radius 2 is 2.19 bits per heavy atom.